The molecule has 0 radical (unpaired) electrons. The summed E-state index contributed by atoms with van der Waals surface area (Å²) in [6, 6.07) is 9.68. The van der Waals surface area contributed by atoms with Crippen molar-refractivity contribution in [3.05, 3.63) is 41.7 Å². The molecule has 2 aromatic rings. The number of nitrogens with one attached hydrogen (secondary N) is 2. The Kier molecular flexibility index (Phi) is 3.98. The molecule has 1 aliphatic rings. The molecule has 1 aliphatic heterocycles. The monoisotopic (exact) mass is 302 g/mol. The lowest BCUT2D eigenvalue weighted by Gasteiger charge is -2.12. The molecule has 1 saturated heterocycles. The third kappa shape index (κ3) is 3.11. The van der Waals surface area contributed by atoms with Gasteiger partial charge >= 0.3 is 0 Å². The maximum Gasteiger partial charge on any atom is 0.242 e. The van der Waals surface area contributed by atoms with E-state index in [4.69, 9.17) is 0 Å². The van der Waals surface area contributed by atoms with Crippen LogP contribution in [0.15, 0.2) is 30.3 Å². The van der Waals surface area contributed by atoms with Gasteiger partial charge in [0.05, 0.1) is 17.4 Å². The predicted octanol–water partition coefficient (Wildman–Crippen LogP) is 2.09. The molecule has 2 heterocycles. The summed E-state index contributed by atoms with van der Waals surface area (Å²) in [6.45, 7) is 3.99. The number of aromatic nitrogens is 2. The van der Waals surface area contributed by atoms with Crippen molar-refractivity contribution in [1.29, 1.82) is 0 Å². The maximum absolute atomic E-state index is 12.1. The minimum Gasteiger partial charge on any atom is -0.325 e. The minimum atomic E-state index is -0.104. The van der Waals surface area contributed by atoms with Crippen LogP contribution in [0.1, 0.15) is 11.4 Å². The first-order chi connectivity index (χ1) is 10.1. The van der Waals surface area contributed by atoms with E-state index in [1.807, 2.05) is 48.9 Å². The minimum absolute atomic E-state index is 0.0190. The van der Waals surface area contributed by atoms with E-state index in [1.54, 1.807) is 11.8 Å². The van der Waals surface area contributed by atoms with E-state index >= 15 is 0 Å². The molecule has 1 atom stereocenters. The molecule has 1 aromatic heterocycles. The normalized spacial score (nSPS) is 17.9. The van der Waals surface area contributed by atoms with E-state index in [0.29, 0.717) is 0 Å². The topological polar surface area (TPSA) is 59.0 Å². The van der Waals surface area contributed by atoms with E-state index in [9.17, 15) is 4.79 Å². The van der Waals surface area contributed by atoms with Crippen molar-refractivity contribution in [1.82, 2.24) is 15.1 Å². The number of hydrogen-bond donors (Lipinski definition) is 2. The summed E-state index contributed by atoms with van der Waals surface area (Å²) in [5.41, 5.74) is 3.80. The van der Waals surface area contributed by atoms with Gasteiger partial charge in [-0.2, -0.15) is 5.10 Å². The maximum atomic E-state index is 12.1. The summed E-state index contributed by atoms with van der Waals surface area (Å²) >= 11 is 1.74. The van der Waals surface area contributed by atoms with Crippen LogP contribution in [-0.4, -0.2) is 33.4 Å². The van der Waals surface area contributed by atoms with Gasteiger partial charge in [0.25, 0.3) is 0 Å². The Morgan fingerprint density at radius 1 is 1.43 bits per heavy atom. The molecule has 5 nitrogen and oxygen atoms in total. The van der Waals surface area contributed by atoms with E-state index in [1.165, 1.54) is 0 Å². The Morgan fingerprint density at radius 3 is 2.95 bits per heavy atom. The van der Waals surface area contributed by atoms with Crippen LogP contribution in [0.25, 0.3) is 5.69 Å². The van der Waals surface area contributed by atoms with Gasteiger partial charge in [-0.3, -0.25) is 10.1 Å². The first kappa shape index (κ1) is 14.2. The fourth-order valence-electron chi connectivity index (χ4n) is 2.40. The van der Waals surface area contributed by atoms with Crippen molar-refractivity contribution >= 4 is 23.4 Å². The number of benzene rings is 1. The van der Waals surface area contributed by atoms with Crippen LogP contribution in [0.5, 0.6) is 0 Å². The Hall–Kier alpha value is -1.79. The van der Waals surface area contributed by atoms with Gasteiger partial charge in [-0.15, -0.1) is 11.8 Å². The fraction of sp³-hybridized carbons (Fsp3) is 0.333. The molecular weight excluding hydrogens is 284 g/mol. The van der Waals surface area contributed by atoms with E-state index in [2.05, 4.69) is 15.7 Å². The molecule has 1 amide bonds. The highest BCUT2D eigenvalue weighted by atomic mass is 32.2. The first-order valence-corrected chi connectivity index (χ1v) is 8.04. The van der Waals surface area contributed by atoms with Gasteiger partial charge < -0.3 is 5.32 Å². The van der Waals surface area contributed by atoms with Gasteiger partial charge in [0.1, 0.15) is 0 Å². The number of rotatable bonds is 3. The van der Waals surface area contributed by atoms with E-state index in [0.717, 1.165) is 34.4 Å². The molecular formula is C15H18N4OS. The molecule has 1 fully saturated rings. The number of carbonyl (C=O) groups is 1. The van der Waals surface area contributed by atoms with Crippen molar-refractivity contribution in [2.45, 2.75) is 19.9 Å². The van der Waals surface area contributed by atoms with Crippen LogP contribution in [0.2, 0.25) is 0 Å². The number of carbonyl (C=O) groups excluding carboxylic acids is 1. The smallest absolute Gasteiger partial charge is 0.242 e. The van der Waals surface area contributed by atoms with Gasteiger partial charge in [0.2, 0.25) is 5.91 Å². The van der Waals surface area contributed by atoms with Crippen LogP contribution in [0, 0.1) is 13.8 Å². The van der Waals surface area contributed by atoms with Gasteiger partial charge in [-0.05, 0) is 38.1 Å². The zero-order chi connectivity index (χ0) is 14.8. The van der Waals surface area contributed by atoms with Gasteiger partial charge in [-0.25, -0.2) is 4.68 Å². The SMILES string of the molecule is Cc1cc(C)n(-c2cccc(NC(=O)C3CSCN3)c2)n1. The quantitative estimate of drug-likeness (QED) is 0.911. The number of aryl methyl sites for hydroxylation is 2. The average Bonchev–Trinajstić information content (AvgIpc) is 3.08. The van der Waals surface area contributed by atoms with Crippen molar-refractivity contribution < 1.29 is 4.79 Å². The Labute approximate surface area is 128 Å². The molecule has 0 aliphatic carbocycles. The molecule has 0 spiro atoms. The summed E-state index contributed by atoms with van der Waals surface area (Å²) < 4.78 is 1.88. The summed E-state index contributed by atoms with van der Waals surface area (Å²) in [7, 11) is 0. The third-order valence-corrected chi connectivity index (χ3v) is 4.34. The van der Waals surface area contributed by atoms with E-state index in [-0.39, 0.29) is 11.9 Å². The molecule has 21 heavy (non-hydrogen) atoms. The average molecular weight is 302 g/mol. The highest BCUT2D eigenvalue weighted by Gasteiger charge is 2.22. The predicted molar refractivity (Wildman–Crippen MR) is 85.9 cm³/mol. The third-order valence-electron chi connectivity index (χ3n) is 3.40. The van der Waals surface area contributed by atoms with Crippen molar-refractivity contribution in [2.75, 3.05) is 16.9 Å². The number of amides is 1. The zero-order valence-electron chi connectivity index (χ0n) is 12.1. The summed E-state index contributed by atoms with van der Waals surface area (Å²) in [6.07, 6.45) is 0. The number of hydrogen-bond acceptors (Lipinski definition) is 4. The van der Waals surface area contributed by atoms with Crippen LogP contribution in [0.3, 0.4) is 0 Å². The van der Waals surface area contributed by atoms with Gasteiger partial charge in [-0.1, -0.05) is 6.07 Å². The van der Waals surface area contributed by atoms with Crippen molar-refractivity contribution in [3.8, 4) is 5.69 Å². The molecule has 6 heteroatoms. The summed E-state index contributed by atoms with van der Waals surface area (Å²) in [5.74, 6) is 1.68. The first-order valence-electron chi connectivity index (χ1n) is 6.89. The lowest BCUT2D eigenvalue weighted by molar-refractivity contribution is -0.117. The van der Waals surface area contributed by atoms with Crippen LogP contribution >= 0.6 is 11.8 Å². The lowest BCUT2D eigenvalue weighted by atomic mass is 10.2. The van der Waals surface area contributed by atoms with Crippen molar-refractivity contribution in [3.63, 3.8) is 0 Å². The number of thioether (sulfide) groups is 1. The van der Waals surface area contributed by atoms with E-state index < -0.39 is 0 Å². The molecule has 0 bridgehead atoms. The molecule has 110 valence electrons. The Morgan fingerprint density at radius 2 is 2.29 bits per heavy atom. The highest BCUT2D eigenvalue weighted by Crippen LogP contribution is 2.18. The molecule has 0 saturated carbocycles. The van der Waals surface area contributed by atoms with Gasteiger partial charge in [0, 0.05) is 23.0 Å². The summed E-state index contributed by atoms with van der Waals surface area (Å²) in [4.78, 5) is 12.1. The molecule has 2 N–H and O–H groups in total. The van der Waals surface area contributed by atoms with Gasteiger partial charge in [0.15, 0.2) is 0 Å². The summed E-state index contributed by atoms with van der Waals surface area (Å²) in [5, 5.41) is 10.6. The molecule has 1 aromatic carbocycles. The molecule has 1 unspecified atom stereocenters. The fourth-order valence-corrected chi connectivity index (χ4v) is 3.34. The largest absolute Gasteiger partial charge is 0.325 e. The second-order valence-electron chi connectivity index (χ2n) is 5.15. The zero-order valence-corrected chi connectivity index (χ0v) is 12.9. The second-order valence-corrected chi connectivity index (χ2v) is 6.18. The van der Waals surface area contributed by atoms with Crippen LogP contribution in [0.4, 0.5) is 5.69 Å². The highest BCUT2D eigenvalue weighted by molar-refractivity contribution is 7.99. The second kappa shape index (κ2) is 5.91. The van der Waals surface area contributed by atoms with Crippen LogP contribution < -0.4 is 10.6 Å². The Balaban J connectivity index is 1.80. The lowest BCUT2D eigenvalue weighted by Crippen LogP contribution is -2.37. The standard InChI is InChI=1S/C15H18N4OS/c1-10-6-11(2)19(18-10)13-5-3-4-12(7-13)17-15(20)14-8-21-9-16-14/h3-7,14,16H,8-9H2,1-2H3,(H,17,20). The number of nitrogens with zero attached hydrogens (tertiary/aromatic N) is 2. The van der Waals surface area contributed by atoms with Crippen molar-refractivity contribution in [2.24, 2.45) is 0 Å². The Bertz CT molecular complexity index is 661. The van der Waals surface area contributed by atoms with Crippen LogP contribution in [-0.2, 0) is 4.79 Å². The number of anilines is 1. The molecule has 3 rings (SSSR count).